The maximum Gasteiger partial charge on any atom is 0.413 e. The van der Waals surface area contributed by atoms with Gasteiger partial charge in [-0.2, -0.15) is 0 Å². The van der Waals surface area contributed by atoms with Crippen LogP contribution in [0.3, 0.4) is 0 Å². The highest BCUT2D eigenvalue weighted by molar-refractivity contribution is 6.33. The Morgan fingerprint density at radius 1 is 1.50 bits per heavy atom. The molecule has 0 aromatic carbocycles. The van der Waals surface area contributed by atoms with Gasteiger partial charge in [-0.3, -0.25) is 4.79 Å². The van der Waals surface area contributed by atoms with Crippen LogP contribution in [0.15, 0.2) is 4.79 Å². The molecule has 2 saturated carbocycles. The number of aryl methyl sites for hydroxylation is 1. The molecule has 22 heavy (non-hydrogen) atoms. The standard InChI is InChI=1S/C13H17ClN4O4/c1-17-13(20)9(14)11(12(16-17)18(21)22)15-10-7-3-2-6(4-7)8(10)5-19/h6-8,10,15,19H,2-5H2,1H3/t6-,7+,8+,10-/m1/s1. The number of rotatable bonds is 4. The van der Waals surface area contributed by atoms with E-state index in [9.17, 15) is 20.0 Å². The Bertz CT molecular complexity index is 677. The first-order valence-electron chi connectivity index (χ1n) is 7.22. The summed E-state index contributed by atoms with van der Waals surface area (Å²) >= 11 is 6.02. The van der Waals surface area contributed by atoms with Gasteiger partial charge in [0.25, 0.3) is 0 Å². The molecule has 0 radical (unpaired) electrons. The van der Waals surface area contributed by atoms with Gasteiger partial charge in [-0.25, -0.2) is 0 Å². The first-order valence-corrected chi connectivity index (χ1v) is 7.60. The van der Waals surface area contributed by atoms with Gasteiger partial charge in [-0.05, 0) is 36.0 Å². The molecular formula is C13H17ClN4O4. The van der Waals surface area contributed by atoms with Gasteiger partial charge in [0.05, 0.1) is 12.1 Å². The molecule has 2 fully saturated rings. The fourth-order valence-electron chi connectivity index (χ4n) is 3.91. The van der Waals surface area contributed by atoms with Gasteiger partial charge >= 0.3 is 11.4 Å². The van der Waals surface area contributed by atoms with Crippen molar-refractivity contribution in [2.45, 2.75) is 25.3 Å². The van der Waals surface area contributed by atoms with Crippen LogP contribution >= 0.6 is 11.6 Å². The van der Waals surface area contributed by atoms with E-state index < -0.39 is 16.3 Å². The minimum Gasteiger partial charge on any atom is -0.396 e. The lowest BCUT2D eigenvalue weighted by Gasteiger charge is -2.31. The van der Waals surface area contributed by atoms with Gasteiger partial charge in [-0.15, -0.1) is 4.68 Å². The summed E-state index contributed by atoms with van der Waals surface area (Å²) in [4.78, 5) is 22.4. The number of nitro groups is 1. The minimum absolute atomic E-state index is 0.0164. The van der Waals surface area contributed by atoms with Crippen LogP contribution in [0.25, 0.3) is 0 Å². The van der Waals surface area contributed by atoms with E-state index in [4.69, 9.17) is 11.6 Å². The monoisotopic (exact) mass is 328 g/mol. The Morgan fingerprint density at radius 3 is 2.82 bits per heavy atom. The maximum absolute atomic E-state index is 11.9. The van der Waals surface area contributed by atoms with E-state index in [-0.39, 0.29) is 29.3 Å². The molecule has 1 aromatic heterocycles. The van der Waals surface area contributed by atoms with Crippen molar-refractivity contribution in [3.8, 4) is 0 Å². The number of nitrogens with one attached hydrogen (secondary N) is 1. The SMILES string of the molecule is Cn1nc([N+](=O)[O-])c(N[C@@H]2[C@H]3CC[C@H](C3)[C@@H]2CO)c(Cl)c1=O. The maximum atomic E-state index is 11.9. The van der Waals surface area contributed by atoms with E-state index in [1.54, 1.807) is 0 Å². The second kappa shape index (κ2) is 5.51. The summed E-state index contributed by atoms with van der Waals surface area (Å²) in [5.41, 5.74) is -0.621. The lowest BCUT2D eigenvalue weighted by Crippen LogP contribution is -2.37. The Morgan fingerprint density at radius 2 is 2.18 bits per heavy atom. The van der Waals surface area contributed by atoms with Gasteiger partial charge in [-0.1, -0.05) is 11.6 Å². The number of anilines is 1. The Balaban J connectivity index is 2.00. The van der Waals surface area contributed by atoms with Crippen LogP contribution < -0.4 is 10.9 Å². The van der Waals surface area contributed by atoms with E-state index in [1.165, 1.54) is 7.05 Å². The molecule has 8 nitrogen and oxygen atoms in total. The third kappa shape index (κ3) is 2.26. The molecule has 0 spiro atoms. The van der Waals surface area contributed by atoms with E-state index in [0.717, 1.165) is 23.9 Å². The Hall–Kier alpha value is -1.67. The highest BCUT2D eigenvalue weighted by Crippen LogP contribution is 2.50. The largest absolute Gasteiger partial charge is 0.413 e. The Labute approximate surface area is 131 Å². The van der Waals surface area contributed by atoms with Gasteiger partial charge < -0.3 is 20.5 Å². The molecule has 2 bridgehead atoms. The molecule has 0 unspecified atom stereocenters. The molecule has 9 heteroatoms. The average Bonchev–Trinajstić information content (AvgIpc) is 3.08. The molecule has 0 saturated heterocycles. The van der Waals surface area contributed by atoms with Gasteiger partial charge in [0.2, 0.25) is 0 Å². The summed E-state index contributed by atoms with van der Waals surface area (Å²) in [6.45, 7) is 0.0164. The fraction of sp³-hybridized carbons (Fsp3) is 0.692. The molecule has 2 aliphatic rings. The van der Waals surface area contributed by atoms with E-state index >= 15 is 0 Å². The number of hydrogen-bond acceptors (Lipinski definition) is 6. The molecule has 120 valence electrons. The molecule has 1 aromatic rings. The molecule has 2 N–H and O–H groups in total. The zero-order valence-electron chi connectivity index (χ0n) is 12.0. The number of aliphatic hydroxyl groups excluding tert-OH is 1. The highest BCUT2D eigenvalue weighted by Gasteiger charge is 2.48. The summed E-state index contributed by atoms with van der Waals surface area (Å²) < 4.78 is 0.857. The molecule has 2 aliphatic carbocycles. The summed E-state index contributed by atoms with van der Waals surface area (Å²) in [6, 6.07) is -0.117. The molecule has 0 aliphatic heterocycles. The summed E-state index contributed by atoms with van der Waals surface area (Å²) in [5.74, 6) is 0.316. The summed E-state index contributed by atoms with van der Waals surface area (Å²) in [5, 5.41) is 27.3. The highest BCUT2D eigenvalue weighted by atomic mass is 35.5. The number of aliphatic hydroxyl groups is 1. The van der Waals surface area contributed by atoms with Crippen molar-refractivity contribution in [3.63, 3.8) is 0 Å². The van der Waals surface area contributed by atoms with Crippen molar-refractivity contribution >= 4 is 23.1 Å². The molecular weight excluding hydrogens is 312 g/mol. The quantitative estimate of drug-likeness (QED) is 0.634. The van der Waals surface area contributed by atoms with E-state index in [2.05, 4.69) is 10.4 Å². The van der Waals surface area contributed by atoms with E-state index in [1.807, 2.05) is 0 Å². The van der Waals surface area contributed by atoms with Crippen molar-refractivity contribution in [1.29, 1.82) is 0 Å². The normalized spacial score (nSPS) is 29.8. The van der Waals surface area contributed by atoms with Crippen LogP contribution in [0.2, 0.25) is 5.02 Å². The predicted octanol–water partition coefficient (Wildman–Crippen LogP) is 1.16. The van der Waals surface area contributed by atoms with Crippen LogP contribution in [-0.4, -0.2) is 32.5 Å². The first kappa shape index (κ1) is 15.2. The zero-order valence-corrected chi connectivity index (χ0v) is 12.8. The van der Waals surface area contributed by atoms with E-state index in [0.29, 0.717) is 11.8 Å². The fourth-order valence-corrected chi connectivity index (χ4v) is 4.17. The lowest BCUT2D eigenvalue weighted by atomic mass is 9.85. The van der Waals surface area contributed by atoms with Crippen molar-refractivity contribution in [1.82, 2.24) is 9.78 Å². The number of nitrogens with zero attached hydrogens (tertiary/aromatic N) is 3. The van der Waals surface area contributed by atoms with Crippen molar-refractivity contribution in [2.75, 3.05) is 11.9 Å². The smallest absolute Gasteiger partial charge is 0.396 e. The summed E-state index contributed by atoms with van der Waals surface area (Å²) in [6.07, 6.45) is 3.08. The van der Waals surface area contributed by atoms with Crippen LogP contribution in [-0.2, 0) is 7.05 Å². The van der Waals surface area contributed by atoms with Crippen molar-refractivity contribution in [3.05, 3.63) is 25.5 Å². The minimum atomic E-state index is -0.658. The predicted molar refractivity (Wildman–Crippen MR) is 80.0 cm³/mol. The Kier molecular flexibility index (Phi) is 3.82. The molecule has 1 heterocycles. The lowest BCUT2D eigenvalue weighted by molar-refractivity contribution is -0.389. The van der Waals surface area contributed by atoms with Gasteiger partial charge in [0.15, 0.2) is 5.69 Å². The summed E-state index contributed by atoms with van der Waals surface area (Å²) in [7, 11) is 1.32. The van der Waals surface area contributed by atoms with Crippen LogP contribution in [0.4, 0.5) is 11.5 Å². The topological polar surface area (TPSA) is 110 Å². The second-order valence-corrected chi connectivity index (χ2v) is 6.43. The van der Waals surface area contributed by atoms with Crippen molar-refractivity contribution < 1.29 is 10.0 Å². The molecule has 4 atom stereocenters. The number of aromatic nitrogens is 2. The average molecular weight is 329 g/mol. The number of halogens is 1. The third-order valence-electron chi connectivity index (χ3n) is 4.95. The van der Waals surface area contributed by atoms with Crippen LogP contribution in [0, 0.1) is 27.9 Å². The molecule has 3 rings (SSSR count). The van der Waals surface area contributed by atoms with Crippen LogP contribution in [0.1, 0.15) is 19.3 Å². The zero-order chi connectivity index (χ0) is 16.0. The van der Waals surface area contributed by atoms with Crippen molar-refractivity contribution in [2.24, 2.45) is 24.8 Å². The second-order valence-electron chi connectivity index (χ2n) is 6.05. The third-order valence-corrected chi connectivity index (χ3v) is 5.30. The van der Waals surface area contributed by atoms with Gasteiger partial charge in [0.1, 0.15) is 5.02 Å². The van der Waals surface area contributed by atoms with Gasteiger partial charge in [0, 0.05) is 18.6 Å². The molecule has 0 amide bonds. The van der Waals surface area contributed by atoms with Crippen LogP contribution in [0.5, 0.6) is 0 Å². The number of fused-ring (bicyclic) bond motifs is 2. The first-order chi connectivity index (χ1) is 10.4. The number of hydrogen-bond donors (Lipinski definition) is 2.